The molecule has 1 spiro atoms. The molecule has 1 atom stereocenters. The molecule has 146 valence electrons. The van der Waals surface area contributed by atoms with Gasteiger partial charge in [-0.2, -0.15) is 0 Å². The molecular weight excluding hydrogens is 352 g/mol. The van der Waals surface area contributed by atoms with Gasteiger partial charge in [0, 0.05) is 32.1 Å². The molecule has 0 radical (unpaired) electrons. The summed E-state index contributed by atoms with van der Waals surface area (Å²) in [6.45, 7) is 9.38. The Balaban J connectivity index is 1.40. The molecule has 2 fully saturated rings. The third-order valence-corrected chi connectivity index (χ3v) is 7.41. The quantitative estimate of drug-likeness (QED) is 0.834. The van der Waals surface area contributed by atoms with Gasteiger partial charge in [-0.05, 0) is 55.8 Å². The van der Waals surface area contributed by atoms with Crippen molar-refractivity contribution in [2.75, 3.05) is 45.1 Å². The monoisotopic (exact) mass is 384 g/mol. The lowest BCUT2D eigenvalue weighted by Gasteiger charge is -2.50. The van der Waals surface area contributed by atoms with Gasteiger partial charge in [-0.3, -0.25) is 4.90 Å². The highest BCUT2D eigenvalue weighted by Gasteiger charge is 2.41. The zero-order valence-corrected chi connectivity index (χ0v) is 17.5. The van der Waals surface area contributed by atoms with E-state index >= 15 is 0 Å². The first-order valence-electron chi connectivity index (χ1n) is 10.3. The van der Waals surface area contributed by atoms with Crippen molar-refractivity contribution in [2.24, 2.45) is 5.41 Å². The molecule has 2 aliphatic rings. The van der Waals surface area contributed by atoms with Gasteiger partial charge in [0.25, 0.3) is 0 Å². The first-order chi connectivity index (χ1) is 13.2. The Morgan fingerprint density at radius 3 is 2.63 bits per heavy atom. The molecule has 0 saturated carbocycles. The summed E-state index contributed by atoms with van der Waals surface area (Å²) in [5.74, 6) is 0.683. The van der Waals surface area contributed by atoms with Crippen molar-refractivity contribution in [1.29, 1.82) is 0 Å². The molecule has 2 aliphatic heterocycles. The summed E-state index contributed by atoms with van der Waals surface area (Å²) in [5, 5.41) is 6.36. The molecule has 0 bridgehead atoms. The first kappa shape index (κ1) is 18.9. The van der Waals surface area contributed by atoms with Crippen LogP contribution in [0.5, 0.6) is 0 Å². The number of aromatic nitrogens is 1. The van der Waals surface area contributed by atoms with E-state index in [2.05, 4.69) is 62.7 Å². The second kappa shape index (κ2) is 8.29. The Bertz CT molecular complexity index is 721. The summed E-state index contributed by atoms with van der Waals surface area (Å²) >= 11 is 1.71. The first-order valence-corrected chi connectivity index (χ1v) is 11.2. The van der Waals surface area contributed by atoms with E-state index in [1.807, 2.05) is 7.05 Å². The van der Waals surface area contributed by atoms with Crippen LogP contribution in [-0.4, -0.2) is 54.6 Å². The lowest BCUT2D eigenvalue weighted by atomic mass is 9.68. The van der Waals surface area contributed by atoms with Crippen molar-refractivity contribution in [2.45, 2.75) is 38.6 Å². The van der Waals surface area contributed by atoms with Crippen LogP contribution in [0.3, 0.4) is 0 Å². The van der Waals surface area contributed by atoms with Crippen LogP contribution in [0.4, 0.5) is 5.13 Å². The number of nitrogens with one attached hydrogen (secondary N) is 1. The number of anilines is 1. The van der Waals surface area contributed by atoms with E-state index in [9.17, 15) is 0 Å². The van der Waals surface area contributed by atoms with Gasteiger partial charge >= 0.3 is 0 Å². The third-order valence-electron chi connectivity index (χ3n) is 6.50. The van der Waals surface area contributed by atoms with E-state index < -0.39 is 0 Å². The summed E-state index contributed by atoms with van der Waals surface area (Å²) in [5.41, 5.74) is 3.23. The molecule has 4 nitrogen and oxygen atoms in total. The number of piperidine rings is 2. The van der Waals surface area contributed by atoms with Gasteiger partial charge in [0.2, 0.25) is 0 Å². The van der Waals surface area contributed by atoms with Gasteiger partial charge in [0.15, 0.2) is 5.13 Å². The minimum atomic E-state index is 0.490. The predicted octanol–water partition coefficient (Wildman–Crippen LogP) is 4.28. The molecule has 1 aromatic carbocycles. The van der Waals surface area contributed by atoms with Crippen molar-refractivity contribution >= 4 is 16.5 Å². The minimum absolute atomic E-state index is 0.490. The number of thiazole rings is 1. The van der Waals surface area contributed by atoms with Gasteiger partial charge in [-0.15, -0.1) is 11.3 Å². The molecule has 3 heterocycles. The Kier molecular flexibility index (Phi) is 5.81. The standard InChI is InChI=1S/C22H32N4S/c1-3-25-14-19(18-7-5-4-6-8-18)13-22(17-25)9-11-26(12-10-22)15-20-16-27-21(23-2)24-20/h4-8,16,19H,3,9-15,17H2,1-2H3,(H,23,24). The SMILES string of the molecule is CCN1CC(c2ccccc2)CC2(CCN(Cc3csc(NC)n3)CC2)C1. The van der Waals surface area contributed by atoms with Crippen molar-refractivity contribution in [3.8, 4) is 0 Å². The van der Waals surface area contributed by atoms with E-state index in [4.69, 9.17) is 0 Å². The smallest absolute Gasteiger partial charge is 0.182 e. The summed E-state index contributed by atoms with van der Waals surface area (Å²) in [7, 11) is 1.94. The van der Waals surface area contributed by atoms with Crippen LogP contribution in [-0.2, 0) is 6.54 Å². The summed E-state index contributed by atoms with van der Waals surface area (Å²) in [4.78, 5) is 9.95. The molecule has 1 unspecified atom stereocenters. The fourth-order valence-corrected chi connectivity index (χ4v) is 5.63. The molecule has 4 rings (SSSR count). The molecule has 2 saturated heterocycles. The van der Waals surface area contributed by atoms with Crippen LogP contribution in [0.2, 0.25) is 0 Å². The summed E-state index contributed by atoms with van der Waals surface area (Å²) in [6.07, 6.45) is 3.98. The number of likely N-dealkylation sites (N-methyl/N-ethyl adjacent to an activating group) is 1. The highest BCUT2D eigenvalue weighted by Crippen LogP contribution is 2.45. The Morgan fingerprint density at radius 1 is 1.19 bits per heavy atom. The maximum absolute atomic E-state index is 4.66. The fraction of sp³-hybridized carbons (Fsp3) is 0.591. The molecular formula is C22H32N4S. The number of likely N-dealkylation sites (tertiary alicyclic amines) is 2. The van der Waals surface area contributed by atoms with Crippen LogP contribution < -0.4 is 5.32 Å². The van der Waals surface area contributed by atoms with Gasteiger partial charge in [0.05, 0.1) is 5.69 Å². The summed E-state index contributed by atoms with van der Waals surface area (Å²) in [6, 6.07) is 11.2. The lowest BCUT2D eigenvalue weighted by Crippen LogP contribution is -2.51. The number of nitrogens with zero attached hydrogens (tertiary/aromatic N) is 3. The largest absolute Gasteiger partial charge is 0.365 e. The number of hydrogen-bond donors (Lipinski definition) is 1. The second-order valence-electron chi connectivity index (χ2n) is 8.31. The predicted molar refractivity (Wildman–Crippen MR) is 115 cm³/mol. The van der Waals surface area contributed by atoms with E-state index in [1.165, 1.54) is 63.2 Å². The molecule has 2 aromatic rings. The Labute approximate surface area is 167 Å². The highest BCUT2D eigenvalue weighted by atomic mass is 32.1. The van der Waals surface area contributed by atoms with E-state index in [0.29, 0.717) is 11.3 Å². The zero-order chi connectivity index (χ0) is 18.7. The Hall–Kier alpha value is -1.43. The minimum Gasteiger partial charge on any atom is -0.365 e. The van der Waals surface area contributed by atoms with Crippen LogP contribution in [0.1, 0.15) is 43.4 Å². The van der Waals surface area contributed by atoms with Gasteiger partial charge < -0.3 is 10.2 Å². The van der Waals surface area contributed by atoms with E-state index in [-0.39, 0.29) is 0 Å². The second-order valence-corrected chi connectivity index (χ2v) is 9.17. The van der Waals surface area contributed by atoms with Crippen LogP contribution in [0.15, 0.2) is 35.7 Å². The zero-order valence-electron chi connectivity index (χ0n) is 16.7. The molecule has 0 amide bonds. The maximum Gasteiger partial charge on any atom is 0.182 e. The van der Waals surface area contributed by atoms with Crippen LogP contribution in [0.25, 0.3) is 0 Å². The van der Waals surface area contributed by atoms with Crippen molar-refractivity contribution in [3.05, 3.63) is 47.0 Å². The lowest BCUT2D eigenvalue weighted by molar-refractivity contribution is 0.0135. The molecule has 1 N–H and O–H groups in total. The average Bonchev–Trinajstić information content (AvgIpc) is 3.18. The fourth-order valence-electron chi connectivity index (χ4n) is 4.96. The van der Waals surface area contributed by atoms with Crippen molar-refractivity contribution in [3.63, 3.8) is 0 Å². The number of benzene rings is 1. The highest BCUT2D eigenvalue weighted by molar-refractivity contribution is 7.13. The van der Waals surface area contributed by atoms with Gasteiger partial charge in [-0.25, -0.2) is 4.98 Å². The number of rotatable bonds is 5. The van der Waals surface area contributed by atoms with Crippen LogP contribution in [0, 0.1) is 5.41 Å². The molecule has 0 aliphatic carbocycles. The van der Waals surface area contributed by atoms with Crippen molar-refractivity contribution < 1.29 is 0 Å². The van der Waals surface area contributed by atoms with Gasteiger partial charge in [0.1, 0.15) is 0 Å². The number of hydrogen-bond acceptors (Lipinski definition) is 5. The molecule has 1 aromatic heterocycles. The third kappa shape index (κ3) is 4.36. The molecule has 27 heavy (non-hydrogen) atoms. The van der Waals surface area contributed by atoms with E-state index in [0.717, 1.165) is 11.7 Å². The normalized spacial score (nSPS) is 23.6. The van der Waals surface area contributed by atoms with Crippen LogP contribution >= 0.6 is 11.3 Å². The molecule has 5 heteroatoms. The van der Waals surface area contributed by atoms with Crippen molar-refractivity contribution in [1.82, 2.24) is 14.8 Å². The maximum atomic E-state index is 4.66. The van der Waals surface area contributed by atoms with E-state index in [1.54, 1.807) is 11.3 Å². The summed E-state index contributed by atoms with van der Waals surface area (Å²) < 4.78 is 0. The Morgan fingerprint density at radius 2 is 1.96 bits per heavy atom. The topological polar surface area (TPSA) is 31.4 Å². The average molecular weight is 385 g/mol. The van der Waals surface area contributed by atoms with Gasteiger partial charge in [-0.1, -0.05) is 37.3 Å².